The SMILES string of the molecule is CON(C)S(=O)(=O)c1cccc(Nc2nccc(Nc3n[nH]c4ccc(F)cc34)n2)c1. The quantitative estimate of drug-likeness (QED) is 0.372. The Hall–Kier alpha value is -3.61. The van der Waals surface area contributed by atoms with Gasteiger partial charge >= 0.3 is 0 Å². The molecule has 2 aromatic carbocycles. The fraction of sp³-hybridized carbons (Fsp3) is 0.105. The Morgan fingerprint density at radius 1 is 1.13 bits per heavy atom. The van der Waals surface area contributed by atoms with E-state index in [4.69, 9.17) is 4.84 Å². The summed E-state index contributed by atoms with van der Waals surface area (Å²) < 4.78 is 39.2. The van der Waals surface area contributed by atoms with Gasteiger partial charge in [-0.1, -0.05) is 10.5 Å². The zero-order chi connectivity index (χ0) is 22.0. The first-order chi connectivity index (χ1) is 14.9. The number of nitrogens with one attached hydrogen (secondary N) is 3. The van der Waals surface area contributed by atoms with Crippen LogP contribution in [0, 0.1) is 5.82 Å². The zero-order valence-electron chi connectivity index (χ0n) is 16.5. The number of hydrogen-bond acceptors (Lipinski definition) is 8. The fourth-order valence-electron chi connectivity index (χ4n) is 2.80. The van der Waals surface area contributed by atoms with Crippen LogP contribution in [0.1, 0.15) is 0 Å². The highest BCUT2D eigenvalue weighted by Gasteiger charge is 2.21. The second-order valence-electron chi connectivity index (χ2n) is 6.40. The van der Waals surface area contributed by atoms with E-state index in [1.807, 2.05) is 0 Å². The lowest BCUT2D eigenvalue weighted by molar-refractivity contribution is -0.0258. The Balaban J connectivity index is 1.57. The maximum absolute atomic E-state index is 13.6. The van der Waals surface area contributed by atoms with Crippen molar-refractivity contribution in [2.75, 3.05) is 24.8 Å². The van der Waals surface area contributed by atoms with Crippen molar-refractivity contribution in [1.29, 1.82) is 0 Å². The molecular formula is C19H18FN7O3S. The van der Waals surface area contributed by atoms with Crippen molar-refractivity contribution in [3.05, 3.63) is 60.5 Å². The number of halogens is 1. The molecule has 0 aliphatic heterocycles. The van der Waals surface area contributed by atoms with Crippen molar-refractivity contribution in [2.45, 2.75) is 4.90 Å². The van der Waals surface area contributed by atoms with Gasteiger partial charge in [-0.25, -0.2) is 17.8 Å². The van der Waals surface area contributed by atoms with E-state index < -0.39 is 10.0 Å². The number of rotatable bonds is 7. The zero-order valence-corrected chi connectivity index (χ0v) is 17.3. The molecule has 4 rings (SSSR count). The molecule has 10 nitrogen and oxygen atoms in total. The minimum atomic E-state index is -3.80. The standard InChI is InChI=1S/C19H18FN7O3S/c1-27(30-2)31(28,29)14-5-3-4-13(11-14)22-19-21-9-8-17(24-19)23-18-15-10-12(20)6-7-16(15)25-26-18/h3-11H,1-2H3,(H3,21,22,23,24,25,26). The van der Waals surface area contributed by atoms with Crippen LogP contribution in [0.3, 0.4) is 0 Å². The van der Waals surface area contributed by atoms with Crippen LogP contribution in [0.15, 0.2) is 59.6 Å². The van der Waals surface area contributed by atoms with Crippen molar-refractivity contribution in [3.63, 3.8) is 0 Å². The molecule has 2 heterocycles. The summed E-state index contributed by atoms with van der Waals surface area (Å²) in [5, 5.41) is 13.5. The Bertz CT molecular complexity index is 1340. The van der Waals surface area contributed by atoms with Crippen LogP contribution in [0.2, 0.25) is 0 Å². The predicted molar refractivity (Wildman–Crippen MR) is 113 cm³/mol. The van der Waals surface area contributed by atoms with Gasteiger partial charge in [-0.05, 0) is 42.5 Å². The lowest BCUT2D eigenvalue weighted by Crippen LogP contribution is -2.25. The molecule has 0 bridgehead atoms. The Morgan fingerprint density at radius 2 is 1.97 bits per heavy atom. The molecule has 12 heteroatoms. The van der Waals surface area contributed by atoms with Gasteiger partial charge in [0.1, 0.15) is 11.6 Å². The number of fused-ring (bicyclic) bond motifs is 1. The number of aromatic amines is 1. The van der Waals surface area contributed by atoms with E-state index in [1.54, 1.807) is 24.3 Å². The molecule has 0 atom stereocenters. The van der Waals surface area contributed by atoms with E-state index >= 15 is 0 Å². The normalized spacial score (nSPS) is 11.7. The maximum atomic E-state index is 13.6. The molecule has 2 aromatic heterocycles. The fourth-order valence-corrected chi connectivity index (χ4v) is 3.82. The molecule has 4 aromatic rings. The van der Waals surface area contributed by atoms with Crippen molar-refractivity contribution in [1.82, 2.24) is 24.6 Å². The number of aromatic nitrogens is 4. The van der Waals surface area contributed by atoms with Gasteiger partial charge in [0.2, 0.25) is 5.95 Å². The molecule has 0 unspecified atom stereocenters. The third kappa shape index (κ3) is 4.30. The average Bonchev–Trinajstić information content (AvgIpc) is 3.15. The third-order valence-electron chi connectivity index (χ3n) is 4.41. The highest BCUT2D eigenvalue weighted by Crippen LogP contribution is 2.25. The average molecular weight is 443 g/mol. The van der Waals surface area contributed by atoms with Gasteiger partial charge in [-0.2, -0.15) is 10.1 Å². The van der Waals surface area contributed by atoms with Crippen molar-refractivity contribution in [2.24, 2.45) is 0 Å². The van der Waals surface area contributed by atoms with Gasteiger partial charge in [0, 0.05) is 24.3 Å². The highest BCUT2D eigenvalue weighted by atomic mass is 32.2. The van der Waals surface area contributed by atoms with E-state index in [9.17, 15) is 12.8 Å². The van der Waals surface area contributed by atoms with Gasteiger partial charge in [0.25, 0.3) is 10.0 Å². The summed E-state index contributed by atoms with van der Waals surface area (Å²) in [7, 11) is -1.22. The molecule has 0 saturated heterocycles. The highest BCUT2D eigenvalue weighted by molar-refractivity contribution is 7.89. The number of H-pyrrole nitrogens is 1. The van der Waals surface area contributed by atoms with Crippen molar-refractivity contribution in [3.8, 4) is 0 Å². The smallest absolute Gasteiger partial charge is 0.264 e. The molecule has 0 fully saturated rings. The third-order valence-corrected chi connectivity index (χ3v) is 6.09. The molecule has 0 aliphatic rings. The summed E-state index contributed by atoms with van der Waals surface area (Å²) in [6.07, 6.45) is 1.52. The van der Waals surface area contributed by atoms with E-state index in [2.05, 4.69) is 30.8 Å². The second kappa shape index (κ2) is 8.26. The molecule has 160 valence electrons. The molecule has 3 N–H and O–H groups in total. The first-order valence-electron chi connectivity index (χ1n) is 9.00. The van der Waals surface area contributed by atoms with Crippen molar-refractivity contribution >= 4 is 44.2 Å². The minimum absolute atomic E-state index is 0.0427. The predicted octanol–water partition coefficient (Wildman–Crippen LogP) is 3.16. The van der Waals surface area contributed by atoms with Gasteiger partial charge < -0.3 is 10.6 Å². The number of anilines is 4. The molecule has 0 spiro atoms. The van der Waals surface area contributed by atoms with Gasteiger partial charge in [-0.3, -0.25) is 9.94 Å². The Labute approximate surface area is 177 Å². The molecule has 0 radical (unpaired) electrons. The number of sulfonamides is 1. The topological polar surface area (TPSA) is 125 Å². The van der Waals surface area contributed by atoms with E-state index in [0.717, 1.165) is 4.47 Å². The monoisotopic (exact) mass is 443 g/mol. The molecule has 0 aliphatic carbocycles. The van der Waals surface area contributed by atoms with Crippen LogP contribution in [0.5, 0.6) is 0 Å². The molecule has 0 amide bonds. The van der Waals surface area contributed by atoms with Crippen LogP contribution in [-0.2, 0) is 14.9 Å². The van der Waals surface area contributed by atoms with Gasteiger partial charge in [-0.15, -0.1) is 0 Å². The molecular weight excluding hydrogens is 425 g/mol. The van der Waals surface area contributed by atoms with Crippen LogP contribution in [0.4, 0.5) is 27.7 Å². The van der Waals surface area contributed by atoms with E-state index in [0.29, 0.717) is 28.2 Å². The summed E-state index contributed by atoms with van der Waals surface area (Å²) in [6, 6.07) is 12.1. The lowest BCUT2D eigenvalue weighted by atomic mass is 10.2. The minimum Gasteiger partial charge on any atom is -0.324 e. The van der Waals surface area contributed by atoms with E-state index in [1.165, 1.54) is 44.6 Å². The second-order valence-corrected chi connectivity index (χ2v) is 8.34. The van der Waals surface area contributed by atoms with Crippen LogP contribution in [-0.4, -0.2) is 47.2 Å². The van der Waals surface area contributed by atoms with Gasteiger partial charge in [0.15, 0.2) is 5.82 Å². The molecule has 0 saturated carbocycles. The summed E-state index contributed by atoms with van der Waals surface area (Å²) in [4.78, 5) is 13.3. The van der Waals surface area contributed by atoms with Crippen molar-refractivity contribution < 1.29 is 17.6 Å². The number of hydroxylamine groups is 1. The largest absolute Gasteiger partial charge is 0.324 e. The number of benzene rings is 2. The van der Waals surface area contributed by atoms with Crippen LogP contribution in [0.25, 0.3) is 10.9 Å². The Morgan fingerprint density at radius 3 is 2.77 bits per heavy atom. The summed E-state index contributed by atoms with van der Waals surface area (Å²) in [5.41, 5.74) is 1.14. The molecule has 31 heavy (non-hydrogen) atoms. The lowest BCUT2D eigenvalue weighted by Gasteiger charge is -2.15. The number of hydrogen-bond donors (Lipinski definition) is 3. The number of nitrogens with zero attached hydrogens (tertiary/aromatic N) is 4. The first-order valence-corrected chi connectivity index (χ1v) is 10.4. The Kier molecular flexibility index (Phi) is 5.50. The summed E-state index contributed by atoms with van der Waals surface area (Å²) in [6.45, 7) is 0. The maximum Gasteiger partial charge on any atom is 0.264 e. The van der Waals surface area contributed by atoms with Crippen LogP contribution < -0.4 is 10.6 Å². The first kappa shape index (κ1) is 20.7. The summed E-state index contributed by atoms with van der Waals surface area (Å²) >= 11 is 0. The van der Waals surface area contributed by atoms with E-state index in [-0.39, 0.29) is 16.7 Å². The van der Waals surface area contributed by atoms with Gasteiger partial charge in [0.05, 0.1) is 17.5 Å². The summed E-state index contributed by atoms with van der Waals surface area (Å²) in [5.74, 6) is 0.675. The van der Waals surface area contributed by atoms with Crippen LogP contribution >= 0.6 is 0 Å².